The molecule has 1 saturated heterocycles. The van der Waals surface area contributed by atoms with Crippen molar-refractivity contribution in [3.63, 3.8) is 0 Å². The van der Waals surface area contributed by atoms with Gasteiger partial charge in [-0.05, 0) is 61.3 Å². The Morgan fingerprint density at radius 3 is 2.63 bits per heavy atom. The highest BCUT2D eigenvalue weighted by Crippen LogP contribution is 2.51. The van der Waals surface area contributed by atoms with Crippen LogP contribution in [-0.4, -0.2) is 67.5 Å². The molecule has 1 aliphatic heterocycles. The van der Waals surface area contributed by atoms with Crippen LogP contribution in [0.4, 0.5) is 5.69 Å². The van der Waals surface area contributed by atoms with Crippen molar-refractivity contribution in [1.29, 1.82) is 0 Å². The van der Waals surface area contributed by atoms with Crippen LogP contribution >= 0.6 is 11.6 Å². The largest absolute Gasteiger partial charge is 0.495 e. The number of carbonyl (C=O) groups excluding carboxylic acids is 1. The van der Waals surface area contributed by atoms with Crippen LogP contribution in [0.5, 0.6) is 5.75 Å². The number of esters is 1. The molecule has 6 atom stereocenters. The minimum absolute atomic E-state index is 0.102. The molecule has 35 heavy (non-hydrogen) atoms. The second-order valence-electron chi connectivity index (χ2n) is 11.0. The van der Waals surface area contributed by atoms with E-state index >= 15 is 0 Å². The van der Waals surface area contributed by atoms with Crippen LogP contribution in [-0.2, 0) is 9.53 Å². The minimum atomic E-state index is -0.821. The normalized spacial score (nSPS) is 32.4. The van der Waals surface area contributed by atoms with E-state index in [1.807, 2.05) is 25.1 Å². The van der Waals surface area contributed by atoms with Crippen molar-refractivity contribution in [1.82, 2.24) is 4.90 Å². The van der Waals surface area contributed by atoms with Crippen LogP contribution in [0.2, 0.25) is 5.02 Å². The van der Waals surface area contributed by atoms with E-state index in [4.69, 9.17) is 21.1 Å². The predicted molar refractivity (Wildman–Crippen MR) is 140 cm³/mol. The summed E-state index contributed by atoms with van der Waals surface area (Å²) < 4.78 is 11.1. The van der Waals surface area contributed by atoms with Crippen LogP contribution in [0.3, 0.4) is 0 Å². The summed E-state index contributed by atoms with van der Waals surface area (Å²) in [5.41, 5.74) is 1.31. The Bertz CT molecular complexity index is 945. The smallest absolute Gasteiger partial charge is 0.303 e. The number of piperazine rings is 1. The number of nitrogens with zero attached hydrogens (tertiary/aromatic N) is 2. The van der Waals surface area contributed by atoms with Crippen LogP contribution in [0.15, 0.2) is 29.8 Å². The van der Waals surface area contributed by atoms with Crippen molar-refractivity contribution < 1.29 is 19.4 Å². The Morgan fingerprint density at radius 1 is 1.26 bits per heavy atom. The van der Waals surface area contributed by atoms with Gasteiger partial charge in [0.05, 0.1) is 18.4 Å². The van der Waals surface area contributed by atoms with Gasteiger partial charge in [-0.15, -0.1) is 0 Å². The first-order valence-corrected chi connectivity index (χ1v) is 13.4. The monoisotopic (exact) mass is 504 g/mol. The number of fused-ring (bicyclic) bond motifs is 1. The fourth-order valence-electron chi connectivity index (χ4n) is 6.62. The average Bonchev–Trinajstić information content (AvgIpc) is 2.81. The van der Waals surface area contributed by atoms with E-state index in [0.717, 1.165) is 67.6 Å². The number of carbonyl (C=O) groups is 1. The first-order chi connectivity index (χ1) is 16.6. The second-order valence-corrected chi connectivity index (χ2v) is 11.4. The van der Waals surface area contributed by atoms with Gasteiger partial charge in [-0.25, -0.2) is 0 Å². The van der Waals surface area contributed by atoms with Crippen LogP contribution in [0.1, 0.15) is 47.0 Å². The Kier molecular flexibility index (Phi) is 8.04. The van der Waals surface area contributed by atoms with E-state index in [9.17, 15) is 9.90 Å². The number of hydrogen-bond acceptors (Lipinski definition) is 6. The molecule has 1 heterocycles. The Morgan fingerprint density at radius 2 is 1.97 bits per heavy atom. The molecule has 3 aliphatic rings. The molecule has 0 amide bonds. The Labute approximate surface area is 215 Å². The highest BCUT2D eigenvalue weighted by Gasteiger charge is 2.52. The van der Waals surface area contributed by atoms with Crippen LogP contribution in [0, 0.1) is 23.7 Å². The summed E-state index contributed by atoms with van der Waals surface area (Å²) in [7, 11) is 1.70. The highest BCUT2D eigenvalue weighted by atomic mass is 35.5. The second kappa shape index (κ2) is 10.7. The standard InChI is InChI=1S/C28H41ClN2O4/c1-18-14-24-23(8-6-20(3)28(24,33)16-27(18)35-21(4)32)19(2)17-30-10-12-31(13-11-30)25-15-22(29)7-9-26(25)34-5/h7,9,14-15,19-20,23-24,27,33H,6,8,10-13,16-17H2,1-5H3/t19?,20-,23+,24-,27-,28-/m1/s1. The van der Waals surface area contributed by atoms with Crippen molar-refractivity contribution in [2.45, 2.75) is 58.7 Å². The molecule has 194 valence electrons. The zero-order valence-corrected chi connectivity index (χ0v) is 22.6. The molecule has 0 aromatic heterocycles. The molecule has 1 unspecified atom stereocenters. The summed E-state index contributed by atoms with van der Waals surface area (Å²) in [6.45, 7) is 12.8. The van der Waals surface area contributed by atoms with E-state index in [1.165, 1.54) is 6.92 Å². The molecule has 2 aliphatic carbocycles. The zero-order valence-electron chi connectivity index (χ0n) is 21.8. The number of benzene rings is 1. The van der Waals surface area contributed by atoms with Crippen molar-refractivity contribution in [3.8, 4) is 5.75 Å². The van der Waals surface area contributed by atoms with Crippen LogP contribution in [0.25, 0.3) is 0 Å². The van der Waals surface area contributed by atoms with E-state index in [1.54, 1.807) is 7.11 Å². The van der Waals surface area contributed by atoms with E-state index in [0.29, 0.717) is 18.3 Å². The maximum Gasteiger partial charge on any atom is 0.303 e. The fraction of sp³-hybridized carbons (Fsp3) is 0.679. The molecule has 4 rings (SSSR count). The predicted octanol–water partition coefficient (Wildman–Crippen LogP) is 4.78. The molecule has 6 nitrogen and oxygen atoms in total. The van der Waals surface area contributed by atoms with Gasteiger partial charge in [0.15, 0.2) is 0 Å². The molecular formula is C28H41ClN2O4. The summed E-state index contributed by atoms with van der Waals surface area (Å²) in [6.07, 6.45) is 4.53. The van der Waals surface area contributed by atoms with Crippen LogP contribution < -0.4 is 9.64 Å². The minimum Gasteiger partial charge on any atom is -0.495 e. The number of rotatable bonds is 6. The Balaban J connectivity index is 1.41. The molecule has 1 saturated carbocycles. The van der Waals surface area contributed by atoms with E-state index < -0.39 is 5.60 Å². The SMILES string of the molecule is COc1ccc(Cl)cc1N1CCN(CC(C)[C@@H]2CC[C@@H](C)[C@]3(O)C[C@@H](OC(C)=O)C(C)=C[C@H]23)CC1. The van der Waals surface area contributed by atoms with Gasteiger partial charge < -0.3 is 19.5 Å². The molecule has 1 aromatic rings. The van der Waals surface area contributed by atoms with Crippen molar-refractivity contribution in [3.05, 3.63) is 34.9 Å². The van der Waals surface area contributed by atoms with Crippen molar-refractivity contribution in [2.75, 3.05) is 44.7 Å². The average molecular weight is 505 g/mol. The number of ether oxygens (including phenoxy) is 2. The number of aliphatic hydroxyl groups is 1. The quantitative estimate of drug-likeness (QED) is 0.444. The molecule has 7 heteroatoms. The molecule has 1 N–H and O–H groups in total. The Hall–Kier alpha value is -1.76. The number of hydrogen-bond donors (Lipinski definition) is 1. The van der Waals surface area contributed by atoms with Gasteiger partial charge in [0.1, 0.15) is 11.9 Å². The van der Waals surface area contributed by atoms with Gasteiger partial charge in [0.2, 0.25) is 0 Å². The maximum atomic E-state index is 11.8. The lowest BCUT2D eigenvalue weighted by Crippen LogP contribution is -2.56. The van der Waals surface area contributed by atoms with E-state index in [-0.39, 0.29) is 23.9 Å². The third-order valence-electron chi connectivity index (χ3n) is 8.73. The maximum absolute atomic E-state index is 11.8. The van der Waals surface area contributed by atoms with Gasteiger partial charge in [0, 0.05) is 57.0 Å². The third kappa shape index (κ3) is 5.50. The fourth-order valence-corrected chi connectivity index (χ4v) is 6.79. The summed E-state index contributed by atoms with van der Waals surface area (Å²) >= 11 is 6.26. The summed E-state index contributed by atoms with van der Waals surface area (Å²) in [6, 6.07) is 5.79. The zero-order chi connectivity index (χ0) is 25.3. The van der Waals surface area contributed by atoms with E-state index in [2.05, 4.69) is 29.7 Å². The number of anilines is 1. The van der Waals surface area contributed by atoms with Gasteiger partial charge in [-0.1, -0.05) is 31.5 Å². The number of halogens is 1. The summed E-state index contributed by atoms with van der Waals surface area (Å²) in [5, 5.41) is 12.6. The summed E-state index contributed by atoms with van der Waals surface area (Å²) in [5.74, 6) is 1.74. The topological polar surface area (TPSA) is 62.2 Å². The number of methoxy groups -OCH3 is 1. The first kappa shape index (κ1) is 26.3. The highest BCUT2D eigenvalue weighted by molar-refractivity contribution is 6.30. The van der Waals surface area contributed by atoms with Gasteiger partial charge in [-0.3, -0.25) is 9.69 Å². The lowest BCUT2D eigenvalue weighted by atomic mass is 9.57. The molecule has 2 fully saturated rings. The van der Waals surface area contributed by atoms with Gasteiger partial charge >= 0.3 is 5.97 Å². The van der Waals surface area contributed by atoms with Crippen molar-refractivity contribution in [2.24, 2.45) is 23.7 Å². The molecule has 0 radical (unpaired) electrons. The molecule has 0 spiro atoms. The van der Waals surface area contributed by atoms with Gasteiger partial charge in [0.25, 0.3) is 0 Å². The van der Waals surface area contributed by atoms with Gasteiger partial charge in [-0.2, -0.15) is 0 Å². The van der Waals surface area contributed by atoms with Crippen molar-refractivity contribution >= 4 is 23.3 Å². The lowest BCUT2D eigenvalue weighted by Gasteiger charge is -2.53. The molecule has 1 aromatic carbocycles. The lowest BCUT2D eigenvalue weighted by molar-refractivity contribution is -0.159. The molecule has 0 bridgehead atoms. The third-order valence-corrected chi connectivity index (χ3v) is 8.96. The first-order valence-electron chi connectivity index (χ1n) is 13.0. The molecular weight excluding hydrogens is 464 g/mol. The summed E-state index contributed by atoms with van der Waals surface area (Å²) in [4.78, 5) is 16.5.